The monoisotopic (exact) mass is 287 g/mol. The molecule has 2 aromatic rings. The number of oxime groups is 1. The maximum atomic E-state index is 13.8. The van der Waals surface area contributed by atoms with Crippen molar-refractivity contribution in [3.8, 4) is 0 Å². The van der Waals surface area contributed by atoms with Gasteiger partial charge in [0.15, 0.2) is 5.84 Å². The topological polar surface area (TPSA) is 87.7 Å². The van der Waals surface area contributed by atoms with E-state index in [0.29, 0.717) is 5.56 Å². The number of hydrogen-bond acceptors (Lipinski definition) is 3. The van der Waals surface area contributed by atoms with Crippen LogP contribution in [0.4, 0.5) is 10.1 Å². The minimum atomic E-state index is -0.688. The van der Waals surface area contributed by atoms with Gasteiger partial charge in [-0.25, -0.2) is 4.39 Å². The fourth-order valence-corrected chi connectivity index (χ4v) is 1.92. The lowest BCUT2D eigenvalue weighted by Crippen LogP contribution is -2.20. The van der Waals surface area contributed by atoms with E-state index in [4.69, 9.17) is 10.9 Å². The van der Waals surface area contributed by atoms with Gasteiger partial charge in [0.05, 0.1) is 11.3 Å². The van der Waals surface area contributed by atoms with Crippen LogP contribution in [0.1, 0.15) is 21.5 Å². The number of amidine groups is 1. The molecular formula is C15H14FN3O2. The third-order valence-corrected chi connectivity index (χ3v) is 2.91. The van der Waals surface area contributed by atoms with E-state index in [0.717, 1.165) is 11.6 Å². The molecule has 108 valence electrons. The first-order valence-electron chi connectivity index (χ1n) is 6.17. The fraction of sp³-hybridized carbons (Fsp3) is 0.0667. The Kier molecular flexibility index (Phi) is 4.18. The second-order valence-corrected chi connectivity index (χ2v) is 4.47. The maximum Gasteiger partial charge on any atom is 0.255 e. The minimum absolute atomic E-state index is 0.136. The number of amides is 1. The van der Waals surface area contributed by atoms with Crippen molar-refractivity contribution in [1.29, 1.82) is 0 Å². The van der Waals surface area contributed by atoms with E-state index in [1.54, 1.807) is 18.2 Å². The zero-order valence-electron chi connectivity index (χ0n) is 11.3. The van der Waals surface area contributed by atoms with Crippen molar-refractivity contribution in [1.82, 2.24) is 0 Å². The highest BCUT2D eigenvalue weighted by Gasteiger charge is 2.15. The Labute approximate surface area is 120 Å². The number of carbonyl (C=O) groups excluding carboxylic acids is 1. The lowest BCUT2D eigenvalue weighted by molar-refractivity contribution is 0.102. The predicted molar refractivity (Wildman–Crippen MR) is 78.0 cm³/mol. The summed E-state index contributed by atoms with van der Waals surface area (Å²) in [6.45, 7) is 1.86. The van der Waals surface area contributed by atoms with Crippen molar-refractivity contribution in [2.75, 3.05) is 5.32 Å². The number of rotatable bonds is 3. The van der Waals surface area contributed by atoms with Gasteiger partial charge in [-0.3, -0.25) is 4.79 Å². The lowest BCUT2D eigenvalue weighted by Gasteiger charge is -2.11. The summed E-state index contributed by atoms with van der Waals surface area (Å²) in [6.07, 6.45) is 0. The summed E-state index contributed by atoms with van der Waals surface area (Å²) >= 11 is 0. The third kappa shape index (κ3) is 3.17. The summed E-state index contributed by atoms with van der Waals surface area (Å²) in [5.74, 6) is -1.50. The van der Waals surface area contributed by atoms with Crippen LogP contribution in [0.25, 0.3) is 0 Å². The molecule has 0 unspecified atom stereocenters. The second kappa shape index (κ2) is 6.04. The Morgan fingerprint density at radius 3 is 2.67 bits per heavy atom. The summed E-state index contributed by atoms with van der Waals surface area (Å²) in [6, 6.07) is 11.0. The van der Waals surface area contributed by atoms with E-state index in [9.17, 15) is 9.18 Å². The largest absolute Gasteiger partial charge is 0.409 e. The number of halogens is 1. The average molecular weight is 287 g/mol. The highest BCUT2D eigenvalue weighted by molar-refractivity contribution is 6.10. The predicted octanol–water partition coefficient (Wildman–Crippen LogP) is 2.48. The van der Waals surface area contributed by atoms with Gasteiger partial charge in [0.1, 0.15) is 5.82 Å². The Hall–Kier alpha value is -2.89. The van der Waals surface area contributed by atoms with E-state index in [2.05, 4.69) is 10.5 Å². The second-order valence-electron chi connectivity index (χ2n) is 4.47. The highest BCUT2D eigenvalue weighted by atomic mass is 19.1. The molecule has 0 radical (unpaired) electrons. The van der Waals surface area contributed by atoms with Crippen LogP contribution in [0, 0.1) is 12.7 Å². The molecule has 1 amide bonds. The van der Waals surface area contributed by atoms with Gasteiger partial charge in [-0.15, -0.1) is 0 Å². The van der Waals surface area contributed by atoms with Gasteiger partial charge in [-0.1, -0.05) is 28.9 Å². The van der Waals surface area contributed by atoms with Gasteiger partial charge in [0, 0.05) is 5.56 Å². The molecule has 4 N–H and O–H groups in total. The van der Waals surface area contributed by atoms with Crippen LogP contribution in [-0.2, 0) is 0 Å². The summed E-state index contributed by atoms with van der Waals surface area (Å²) in [5, 5.41) is 14.0. The van der Waals surface area contributed by atoms with Crippen molar-refractivity contribution in [3.05, 3.63) is 65.0 Å². The lowest BCUT2D eigenvalue weighted by atomic mass is 10.1. The number of nitrogens with one attached hydrogen (secondary N) is 1. The van der Waals surface area contributed by atoms with Gasteiger partial charge in [-0.05, 0) is 31.2 Å². The molecule has 21 heavy (non-hydrogen) atoms. The molecule has 0 spiro atoms. The van der Waals surface area contributed by atoms with Gasteiger partial charge in [0.25, 0.3) is 5.91 Å². The number of carbonyl (C=O) groups is 1. The molecule has 0 fully saturated rings. The average Bonchev–Trinajstić information content (AvgIpc) is 2.46. The maximum absolute atomic E-state index is 13.8. The van der Waals surface area contributed by atoms with Crippen molar-refractivity contribution >= 4 is 17.4 Å². The van der Waals surface area contributed by atoms with E-state index >= 15 is 0 Å². The molecule has 0 aromatic heterocycles. The van der Waals surface area contributed by atoms with Crippen LogP contribution >= 0.6 is 0 Å². The van der Waals surface area contributed by atoms with Crippen LogP contribution in [0.2, 0.25) is 0 Å². The van der Waals surface area contributed by atoms with Crippen LogP contribution in [-0.4, -0.2) is 17.0 Å². The Morgan fingerprint density at radius 1 is 1.29 bits per heavy atom. The van der Waals surface area contributed by atoms with Crippen LogP contribution in [0.3, 0.4) is 0 Å². The van der Waals surface area contributed by atoms with Gasteiger partial charge in [0.2, 0.25) is 0 Å². The molecule has 0 saturated carbocycles. The van der Waals surface area contributed by atoms with Crippen LogP contribution in [0.5, 0.6) is 0 Å². The Bertz CT molecular complexity index is 714. The third-order valence-electron chi connectivity index (χ3n) is 2.91. The normalized spacial score (nSPS) is 11.2. The smallest absolute Gasteiger partial charge is 0.255 e. The molecule has 2 aromatic carbocycles. The fourth-order valence-electron chi connectivity index (χ4n) is 1.92. The SMILES string of the molecule is Cc1cccc(C(=O)Nc2cccc(F)c2/C(N)=N/O)c1. The summed E-state index contributed by atoms with van der Waals surface area (Å²) < 4.78 is 13.8. The van der Waals surface area contributed by atoms with E-state index in [1.807, 2.05) is 13.0 Å². The minimum Gasteiger partial charge on any atom is -0.409 e. The molecule has 0 aliphatic carbocycles. The quantitative estimate of drug-likeness (QED) is 0.351. The molecule has 0 saturated heterocycles. The molecular weight excluding hydrogens is 273 g/mol. The number of nitrogens with zero attached hydrogens (tertiary/aromatic N) is 1. The first-order chi connectivity index (χ1) is 10.0. The number of nitrogens with two attached hydrogens (primary N) is 1. The molecule has 0 aliphatic rings. The van der Waals surface area contributed by atoms with E-state index in [1.165, 1.54) is 12.1 Å². The summed E-state index contributed by atoms with van der Waals surface area (Å²) in [7, 11) is 0. The summed E-state index contributed by atoms with van der Waals surface area (Å²) in [4.78, 5) is 12.2. The molecule has 2 rings (SSSR count). The Balaban J connectivity index is 2.36. The summed E-state index contributed by atoms with van der Waals surface area (Å²) in [5.41, 5.74) is 6.79. The standard InChI is InChI=1S/C15H14FN3O2/c1-9-4-2-5-10(8-9)15(20)18-12-7-3-6-11(16)13(12)14(17)19-21/h2-8,21H,1H3,(H2,17,19)(H,18,20). The molecule has 0 atom stereocenters. The molecule has 5 nitrogen and oxygen atoms in total. The highest BCUT2D eigenvalue weighted by Crippen LogP contribution is 2.20. The van der Waals surface area contributed by atoms with Crippen molar-refractivity contribution in [2.45, 2.75) is 6.92 Å². The molecule has 0 heterocycles. The number of benzene rings is 2. The van der Waals surface area contributed by atoms with Crippen LogP contribution in [0.15, 0.2) is 47.6 Å². The Morgan fingerprint density at radius 2 is 2.00 bits per heavy atom. The van der Waals surface area contributed by atoms with Crippen molar-refractivity contribution in [2.24, 2.45) is 10.9 Å². The molecule has 0 aliphatic heterocycles. The van der Waals surface area contributed by atoms with E-state index in [-0.39, 0.29) is 11.3 Å². The zero-order chi connectivity index (χ0) is 15.4. The number of hydrogen-bond donors (Lipinski definition) is 3. The van der Waals surface area contributed by atoms with E-state index < -0.39 is 17.6 Å². The van der Waals surface area contributed by atoms with Crippen molar-refractivity contribution < 1.29 is 14.4 Å². The number of anilines is 1. The molecule has 0 bridgehead atoms. The zero-order valence-corrected chi connectivity index (χ0v) is 11.3. The van der Waals surface area contributed by atoms with Crippen LogP contribution < -0.4 is 11.1 Å². The molecule has 6 heteroatoms. The van der Waals surface area contributed by atoms with Gasteiger partial charge >= 0.3 is 0 Å². The van der Waals surface area contributed by atoms with Gasteiger partial charge < -0.3 is 16.3 Å². The first kappa shape index (κ1) is 14.5. The first-order valence-corrected chi connectivity index (χ1v) is 6.17. The van der Waals surface area contributed by atoms with Gasteiger partial charge in [-0.2, -0.15) is 0 Å². The van der Waals surface area contributed by atoms with Crippen molar-refractivity contribution in [3.63, 3.8) is 0 Å². The number of aryl methyl sites for hydroxylation is 1.